The third-order valence-corrected chi connectivity index (χ3v) is 5.33. The van der Waals surface area contributed by atoms with Crippen LogP contribution in [0.1, 0.15) is 32.6 Å². The van der Waals surface area contributed by atoms with Crippen LogP contribution in [0, 0.1) is 0 Å². The van der Waals surface area contributed by atoms with Crippen LogP contribution >= 0.6 is 11.8 Å². The number of hydrogen-bond donors (Lipinski definition) is 2. The van der Waals surface area contributed by atoms with Crippen molar-refractivity contribution >= 4 is 27.5 Å². The molecule has 2 N–H and O–H groups in total. The second-order valence-corrected chi connectivity index (χ2v) is 7.55. The molecule has 0 atom stereocenters. The Labute approximate surface area is 133 Å². The normalized spacial score (nSPS) is 11.5. The first-order valence-corrected chi connectivity index (χ1v) is 10.3. The van der Waals surface area contributed by atoms with Crippen molar-refractivity contribution in [3.63, 3.8) is 0 Å². The van der Waals surface area contributed by atoms with Crippen molar-refractivity contribution in [3.05, 3.63) is 24.3 Å². The van der Waals surface area contributed by atoms with Gasteiger partial charge in [0.1, 0.15) is 4.90 Å². The summed E-state index contributed by atoms with van der Waals surface area (Å²) in [4.78, 5) is 0.328. The highest BCUT2D eigenvalue weighted by Gasteiger charge is 2.16. The van der Waals surface area contributed by atoms with Crippen LogP contribution in [0.3, 0.4) is 0 Å². The minimum absolute atomic E-state index is 0.328. The van der Waals surface area contributed by atoms with Gasteiger partial charge < -0.3 is 5.32 Å². The number of hydrogen-bond acceptors (Lipinski definition) is 4. The molecule has 0 saturated heterocycles. The predicted molar refractivity (Wildman–Crippen MR) is 92.6 cm³/mol. The quantitative estimate of drug-likeness (QED) is 0.611. The summed E-state index contributed by atoms with van der Waals surface area (Å²) in [7, 11) is -3.43. The molecule has 0 bridgehead atoms. The van der Waals surface area contributed by atoms with E-state index in [2.05, 4.69) is 16.3 Å². The summed E-state index contributed by atoms with van der Waals surface area (Å²) in [5.74, 6) is 1.18. The summed E-state index contributed by atoms with van der Waals surface area (Å²) in [6.07, 6.45) is 6.43. The van der Waals surface area contributed by atoms with E-state index in [1.54, 1.807) is 18.2 Å². The Morgan fingerprint density at radius 3 is 2.52 bits per heavy atom. The number of sulfonamides is 1. The van der Waals surface area contributed by atoms with Gasteiger partial charge in [-0.25, -0.2) is 13.1 Å². The first-order valence-electron chi connectivity index (χ1n) is 7.43. The average Bonchev–Trinajstić information content (AvgIpc) is 2.47. The smallest absolute Gasteiger partial charge is 0.242 e. The topological polar surface area (TPSA) is 58.2 Å². The van der Waals surface area contributed by atoms with Gasteiger partial charge >= 0.3 is 0 Å². The van der Waals surface area contributed by atoms with E-state index < -0.39 is 10.0 Å². The third-order valence-electron chi connectivity index (χ3n) is 3.11. The van der Waals surface area contributed by atoms with Gasteiger partial charge in [0.05, 0.1) is 5.69 Å². The maximum atomic E-state index is 12.3. The number of benzene rings is 1. The van der Waals surface area contributed by atoms with Crippen molar-refractivity contribution in [3.8, 4) is 0 Å². The fourth-order valence-corrected chi connectivity index (χ4v) is 3.80. The maximum Gasteiger partial charge on any atom is 0.242 e. The zero-order valence-corrected chi connectivity index (χ0v) is 14.5. The molecule has 4 nitrogen and oxygen atoms in total. The molecule has 6 heteroatoms. The first-order chi connectivity index (χ1) is 10.1. The second kappa shape index (κ2) is 10.1. The van der Waals surface area contributed by atoms with Gasteiger partial charge in [0.15, 0.2) is 0 Å². The Morgan fingerprint density at radius 2 is 1.81 bits per heavy atom. The zero-order valence-electron chi connectivity index (χ0n) is 12.9. The molecular formula is C15H26N2O2S2. The predicted octanol–water partition coefficient (Wildman–Crippen LogP) is 3.32. The summed E-state index contributed by atoms with van der Waals surface area (Å²) in [5, 5.41) is 3.09. The van der Waals surface area contributed by atoms with Crippen molar-refractivity contribution < 1.29 is 8.42 Å². The molecule has 0 aliphatic carbocycles. The molecule has 0 radical (unpaired) electrons. The number of nitrogens with one attached hydrogen (secondary N) is 2. The Kier molecular flexibility index (Phi) is 8.80. The van der Waals surface area contributed by atoms with Crippen molar-refractivity contribution in [2.75, 3.05) is 30.4 Å². The Morgan fingerprint density at radius 1 is 1.10 bits per heavy atom. The number of rotatable bonds is 11. The largest absolute Gasteiger partial charge is 0.384 e. The molecule has 0 aromatic heterocycles. The van der Waals surface area contributed by atoms with Crippen LogP contribution in [0.4, 0.5) is 5.69 Å². The van der Waals surface area contributed by atoms with Crippen molar-refractivity contribution in [2.24, 2.45) is 0 Å². The first kappa shape index (κ1) is 18.3. The number of unbranched alkanes of at least 4 members (excludes halogenated alkanes) is 3. The summed E-state index contributed by atoms with van der Waals surface area (Å²) in [6, 6.07) is 7.01. The summed E-state index contributed by atoms with van der Waals surface area (Å²) >= 11 is 1.85. The van der Waals surface area contributed by atoms with Gasteiger partial charge in [0.25, 0.3) is 0 Å². The summed E-state index contributed by atoms with van der Waals surface area (Å²) in [6.45, 7) is 3.15. The SMILES string of the molecule is CCNc1ccccc1S(=O)(=O)NCCCCCCSC. The van der Waals surface area contributed by atoms with Crippen LogP contribution in [0.2, 0.25) is 0 Å². The molecule has 1 aromatic rings. The number of para-hydroxylation sites is 1. The van der Waals surface area contributed by atoms with Crippen molar-refractivity contribution in [1.29, 1.82) is 0 Å². The molecular weight excluding hydrogens is 304 g/mol. The van der Waals surface area contributed by atoms with Crippen LogP contribution < -0.4 is 10.0 Å². The Hall–Kier alpha value is -0.720. The lowest BCUT2D eigenvalue weighted by atomic mass is 10.2. The molecule has 0 spiro atoms. The lowest BCUT2D eigenvalue weighted by Crippen LogP contribution is -2.25. The van der Waals surface area contributed by atoms with Gasteiger partial charge in [0, 0.05) is 13.1 Å². The minimum Gasteiger partial charge on any atom is -0.384 e. The van der Waals surface area contributed by atoms with Gasteiger partial charge in [-0.3, -0.25) is 0 Å². The van der Waals surface area contributed by atoms with E-state index in [-0.39, 0.29) is 0 Å². The average molecular weight is 331 g/mol. The van der Waals surface area contributed by atoms with E-state index in [1.807, 2.05) is 24.8 Å². The summed E-state index contributed by atoms with van der Waals surface area (Å²) < 4.78 is 27.3. The van der Waals surface area contributed by atoms with E-state index in [0.717, 1.165) is 19.3 Å². The molecule has 0 aliphatic heterocycles. The van der Waals surface area contributed by atoms with Crippen molar-refractivity contribution in [2.45, 2.75) is 37.5 Å². The number of thioether (sulfide) groups is 1. The van der Waals surface area contributed by atoms with Crippen LogP contribution in [0.15, 0.2) is 29.2 Å². The minimum atomic E-state index is -3.43. The standard InChI is InChI=1S/C15H26N2O2S2/c1-3-16-14-10-6-7-11-15(14)21(18,19)17-12-8-4-5-9-13-20-2/h6-7,10-11,16-17H,3-5,8-9,12-13H2,1-2H3. The van der Waals surface area contributed by atoms with E-state index in [0.29, 0.717) is 23.7 Å². The van der Waals surface area contributed by atoms with Crippen molar-refractivity contribution in [1.82, 2.24) is 4.72 Å². The molecule has 0 aliphatic rings. The van der Waals surface area contributed by atoms with Crippen LogP contribution in [0.25, 0.3) is 0 Å². The second-order valence-electron chi connectivity index (χ2n) is 4.83. The lowest BCUT2D eigenvalue weighted by molar-refractivity contribution is 0.574. The molecule has 21 heavy (non-hydrogen) atoms. The molecule has 0 unspecified atom stereocenters. The molecule has 1 aromatic carbocycles. The monoisotopic (exact) mass is 330 g/mol. The van der Waals surface area contributed by atoms with E-state index in [4.69, 9.17) is 0 Å². The van der Waals surface area contributed by atoms with Gasteiger partial charge in [-0.1, -0.05) is 25.0 Å². The molecule has 1 rings (SSSR count). The van der Waals surface area contributed by atoms with Gasteiger partial charge in [-0.15, -0.1) is 0 Å². The molecule has 0 fully saturated rings. The van der Waals surface area contributed by atoms with Gasteiger partial charge in [-0.2, -0.15) is 11.8 Å². The third kappa shape index (κ3) is 6.72. The molecule has 0 heterocycles. The highest BCUT2D eigenvalue weighted by molar-refractivity contribution is 7.98. The lowest BCUT2D eigenvalue weighted by Gasteiger charge is -2.12. The maximum absolute atomic E-state index is 12.3. The van der Waals surface area contributed by atoms with E-state index >= 15 is 0 Å². The fraction of sp³-hybridized carbons (Fsp3) is 0.600. The molecule has 120 valence electrons. The van der Waals surface area contributed by atoms with Crippen LogP contribution in [-0.4, -0.2) is 33.5 Å². The van der Waals surface area contributed by atoms with Gasteiger partial charge in [-0.05, 0) is 43.9 Å². The van der Waals surface area contributed by atoms with Crippen LogP contribution in [0.5, 0.6) is 0 Å². The van der Waals surface area contributed by atoms with E-state index in [9.17, 15) is 8.42 Å². The van der Waals surface area contributed by atoms with Crippen LogP contribution in [-0.2, 0) is 10.0 Å². The zero-order chi connectivity index (χ0) is 15.6. The number of anilines is 1. The molecule has 0 amide bonds. The Balaban J connectivity index is 2.46. The Bertz CT molecular complexity index is 504. The van der Waals surface area contributed by atoms with Gasteiger partial charge in [0.2, 0.25) is 10.0 Å². The fourth-order valence-electron chi connectivity index (χ4n) is 2.05. The van der Waals surface area contributed by atoms with E-state index in [1.165, 1.54) is 12.2 Å². The summed E-state index contributed by atoms with van der Waals surface area (Å²) in [5.41, 5.74) is 0.660. The highest BCUT2D eigenvalue weighted by atomic mass is 32.2. The molecule has 0 saturated carbocycles. The highest BCUT2D eigenvalue weighted by Crippen LogP contribution is 2.20.